The molecule has 2 aromatic carbocycles. The summed E-state index contributed by atoms with van der Waals surface area (Å²) in [6.07, 6.45) is 8.71. The lowest BCUT2D eigenvalue weighted by atomic mass is 10.2. The van der Waals surface area contributed by atoms with Crippen molar-refractivity contribution in [3.8, 4) is 11.5 Å². The van der Waals surface area contributed by atoms with Gasteiger partial charge in [-0.2, -0.15) is 0 Å². The maximum absolute atomic E-state index is 5.98. The van der Waals surface area contributed by atoms with Crippen molar-refractivity contribution in [1.82, 2.24) is 4.98 Å². The SMILES string of the molecule is CCCCCCOc1ccccc1OCCCCNc1ccnc2ccccc12. The van der Waals surface area contributed by atoms with E-state index in [9.17, 15) is 0 Å². The first-order chi connectivity index (χ1) is 14.4. The van der Waals surface area contributed by atoms with Gasteiger partial charge in [-0.1, -0.05) is 56.5 Å². The lowest BCUT2D eigenvalue weighted by Gasteiger charge is -2.13. The first-order valence-electron chi connectivity index (χ1n) is 10.8. The van der Waals surface area contributed by atoms with Crippen LogP contribution in [0.3, 0.4) is 0 Å². The van der Waals surface area contributed by atoms with Crippen molar-refractivity contribution in [3.05, 3.63) is 60.8 Å². The van der Waals surface area contributed by atoms with Gasteiger partial charge < -0.3 is 14.8 Å². The quantitative estimate of drug-likeness (QED) is 0.339. The van der Waals surface area contributed by atoms with Crippen molar-refractivity contribution < 1.29 is 9.47 Å². The van der Waals surface area contributed by atoms with Gasteiger partial charge in [-0.05, 0) is 43.5 Å². The van der Waals surface area contributed by atoms with Gasteiger partial charge in [-0.3, -0.25) is 4.98 Å². The number of rotatable bonds is 13. The van der Waals surface area contributed by atoms with E-state index in [0.29, 0.717) is 6.61 Å². The molecule has 4 nitrogen and oxygen atoms in total. The normalized spacial score (nSPS) is 10.8. The molecule has 1 aromatic heterocycles. The van der Waals surface area contributed by atoms with Crippen LogP contribution < -0.4 is 14.8 Å². The lowest BCUT2D eigenvalue weighted by molar-refractivity contribution is 0.260. The maximum atomic E-state index is 5.98. The van der Waals surface area contributed by atoms with Crippen LogP contribution in [-0.4, -0.2) is 24.7 Å². The van der Waals surface area contributed by atoms with E-state index < -0.39 is 0 Å². The highest BCUT2D eigenvalue weighted by Crippen LogP contribution is 2.27. The molecule has 0 radical (unpaired) electrons. The number of nitrogens with one attached hydrogen (secondary N) is 1. The Morgan fingerprint density at radius 2 is 1.45 bits per heavy atom. The van der Waals surface area contributed by atoms with E-state index in [-0.39, 0.29) is 0 Å². The molecule has 0 aliphatic heterocycles. The molecule has 0 atom stereocenters. The van der Waals surface area contributed by atoms with Gasteiger partial charge in [0.05, 0.1) is 18.7 Å². The van der Waals surface area contributed by atoms with Crippen LogP contribution in [0.5, 0.6) is 11.5 Å². The first-order valence-corrected chi connectivity index (χ1v) is 10.8. The largest absolute Gasteiger partial charge is 0.490 e. The molecule has 3 aromatic rings. The number of nitrogens with zero attached hydrogens (tertiary/aromatic N) is 1. The molecule has 0 bridgehead atoms. The fourth-order valence-electron chi connectivity index (χ4n) is 3.28. The summed E-state index contributed by atoms with van der Waals surface area (Å²) >= 11 is 0. The molecule has 0 aliphatic carbocycles. The van der Waals surface area contributed by atoms with Crippen LogP contribution in [-0.2, 0) is 0 Å². The molecule has 0 aliphatic rings. The van der Waals surface area contributed by atoms with E-state index in [1.165, 1.54) is 19.3 Å². The van der Waals surface area contributed by atoms with Crippen molar-refractivity contribution >= 4 is 16.6 Å². The summed E-state index contributed by atoms with van der Waals surface area (Å²) in [5, 5.41) is 4.69. The summed E-state index contributed by atoms with van der Waals surface area (Å²) in [5.41, 5.74) is 2.16. The van der Waals surface area contributed by atoms with E-state index in [1.54, 1.807) is 0 Å². The number of fused-ring (bicyclic) bond motifs is 1. The average molecular weight is 393 g/mol. The Balaban J connectivity index is 1.37. The van der Waals surface area contributed by atoms with Gasteiger partial charge in [0, 0.05) is 23.8 Å². The summed E-state index contributed by atoms with van der Waals surface area (Å²) < 4.78 is 11.9. The van der Waals surface area contributed by atoms with Crippen molar-refractivity contribution in [1.29, 1.82) is 0 Å². The van der Waals surface area contributed by atoms with Crippen molar-refractivity contribution in [3.63, 3.8) is 0 Å². The zero-order valence-corrected chi connectivity index (χ0v) is 17.4. The van der Waals surface area contributed by atoms with Crippen molar-refractivity contribution in [2.24, 2.45) is 0 Å². The molecular formula is C25H32N2O2. The fourth-order valence-corrected chi connectivity index (χ4v) is 3.28. The molecule has 29 heavy (non-hydrogen) atoms. The van der Waals surface area contributed by atoms with Crippen molar-refractivity contribution in [2.75, 3.05) is 25.1 Å². The zero-order chi connectivity index (χ0) is 20.2. The Labute approximate surface area is 174 Å². The Kier molecular flexibility index (Phi) is 8.64. The Morgan fingerprint density at radius 3 is 2.21 bits per heavy atom. The minimum absolute atomic E-state index is 0.689. The van der Waals surface area contributed by atoms with Gasteiger partial charge in [0.25, 0.3) is 0 Å². The minimum atomic E-state index is 0.689. The molecular weight excluding hydrogens is 360 g/mol. The lowest BCUT2D eigenvalue weighted by Crippen LogP contribution is -2.06. The summed E-state index contributed by atoms with van der Waals surface area (Å²) in [6, 6.07) is 18.2. The Morgan fingerprint density at radius 1 is 0.759 bits per heavy atom. The topological polar surface area (TPSA) is 43.4 Å². The van der Waals surface area contributed by atoms with Gasteiger partial charge in [0.2, 0.25) is 0 Å². The summed E-state index contributed by atoms with van der Waals surface area (Å²) in [6.45, 7) is 4.57. The molecule has 154 valence electrons. The number of para-hydroxylation sites is 3. The molecule has 0 spiro atoms. The van der Waals surface area contributed by atoms with E-state index in [4.69, 9.17) is 9.47 Å². The van der Waals surface area contributed by atoms with E-state index in [0.717, 1.165) is 60.5 Å². The number of benzene rings is 2. The molecule has 1 heterocycles. The molecule has 3 rings (SSSR count). The second-order valence-electron chi connectivity index (χ2n) is 7.21. The van der Waals surface area contributed by atoms with E-state index in [1.807, 2.05) is 54.7 Å². The number of pyridine rings is 1. The maximum Gasteiger partial charge on any atom is 0.161 e. The molecule has 0 saturated carbocycles. The van der Waals surface area contributed by atoms with Crippen LogP contribution in [0.2, 0.25) is 0 Å². The smallest absolute Gasteiger partial charge is 0.161 e. The monoisotopic (exact) mass is 392 g/mol. The van der Waals surface area contributed by atoms with Gasteiger partial charge in [0.1, 0.15) is 0 Å². The van der Waals surface area contributed by atoms with Gasteiger partial charge in [-0.15, -0.1) is 0 Å². The fraction of sp³-hybridized carbons (Fsp3) is 0.400. The van der Waals surface area contributed by atoms with Crippen LogP contribution in [0.25, 0.3) is 10.9 Å². The van der Waals surface area contributed by atoms with Crippen molar-refractivity contribution in [2.45, 2.75) is 45.4 Å². The number of anilines is 1. The minimum Gasteiger partial charge on any atom is -0.490 e. The third-order valence-electron chi connectivity index (χ3n) is 4.90. The van der Waals surface area contributed by atoms with Crippen LogP contribution in [0.4, 0.5) is 5.69 Å². The predicted octanol–water partition coefficient (Wildman–Crippen LogP) is 6.47. The molecule has 0 saturated heterocycles. The average Bonchev–Trinajstić information content (AvgIpc) is 2.77. The number of unbranched alkanes of at least 4 members (excludes halogenated alkanes) is 4. The standard InChI is InChI=1S/C25H32N2O2/c1-2-3-4-10-19-28-24-14-7-8-15-25(24)29-20-11-9-17-26-23-16-18-27-22-13-6-5-12-21(22)23/h5-8,12-16,18H,2-4,9-11,17,19-20H2,1H3,(H,26,27). The number of hydrogen-bond donors (Lipinski definition) is 1. The first kappa shape index (κ1) is 21.0. The van der Waals surface area contributed by atoms with E-state index >= 15 is 0 Å². The molecule has 0 fully saturated rings. The molecule has 4 heteroatoms. The van der Waals surface area contributed by atoms with Crippen LogP contribution >= 0.6 is 0 Å². The number of ether oxygens (including phenoxy) is 2. The Hall–Kier alpha value is -2.75. The summed E-state index contributed by atoms with van der Waals surface area (Å²) in [5.74, 6) is 1.70. The van der Waals surface area contributed by atoms with Gasteiger partial charge in [-0.25, -0.2) is 0 Å². The van der Waals surface area contributed by atoms with Gasteiger partial charge >= 0.3 is 0 Å². The van der Waals surface area contributed by atoms with Crippen LogP contribution in [0.15, 0.2) is 60.8 Å². The molecule has 0 amide bonds. The van der Waals surface area contributed by atoms with E-state index in [2.05, 4.69) is 23.3 Å². The summed E-state index contributed by atoms with van der Waals surface area (Å²) in [4.78, 5) is 4.41. The highest BCUT2D eigenvalue weighted by atomic mass is 16.5. The molecule has 1 N–H and O–H groups in total. The second-order valence-corrected chi connectivity index (χ2v) is 7.21. The van der Waals surface area contributed by atoms with Crippen LogP contribution in [0, 0.1) is 0 Å². The highest BCUT2D eigenvalue weighted by Gasteiger charge is 2.04. The second kappa shape index (κ2) is 11.9. The third-order valence-corrected chi connectivity index (χ3v) is 4.90. The summed E-state index contributed by atoms with van der Waals surface area (Å²) in [7, 11) is 0. The molecule has 0 unspecified atom stereocenters. The predicted molar refractivity (Wildman–Crippen MR) is 121 cm³/mol. The number of aromatic nitrogens is 1. The van der Waals surface area contributed by atoms with Gasteiger partial charge in [0.15, 0.2) is 11.5 Å². The highest BCUT2D eigenvalue weighted by molar-refractivity contribution is 5.90. The van der Waals surface area contributed by atoms with Crippen LogP contribution in [0.1, 0.15) is 45.4 Å². The third kappa shape index (κ3) is 6.67. The zero-order valence-electron chi connectivity index (χ0n) is 17.4. The number of hydrogen-bond acceptors (Lipinski definition) is 4. The Bertz CT molecular complexity index is 861.